The zero-order valence-corrected chi connectivity index (χ0v) is 31.4. The molecule has 2 N–H and O–H groups in total. The van der Waals surface area contributed by atoms with Gasteiger partial charge in [0.15, 0.2) is 9.76 Å². The van der Waals surface area contributed by atoms with Crippen molar-refractivity contribution in [3.63, 3.8) is 0 Å². The molecule has 4 aromatic carbocycles. The summed E-state index contributed by atoms with van der Waals surface area (Å²) >= 11 is 0. The first-order chi connectivity index (χ1) is 22.3. The Morgan fingerprint density at radius 2 is 1.12 bits per heavy atom. The molecular weight excluding hydrogens is 669 g/mol. The van der Waals surface area contributed by atoms with Crippen LogP contribution in [0.4, 0.5) is 11.4 Å². The molecule has 10 nitrogen and oxygen atoms in total. The second-order valence-corrected chi connectivity index (χ2v) is 19.3. The molecule has 0 amide bonds. The van der Waals surface area contributed by atoms with E-state index in [2.05, 4.69) is 30.2 Å². The number of benzene rings is 4. The highest BCUT2D eigenvalue weighted by atomic mass is 32.2. The van der Waals surface area contributed by atoms with Crippen molar-refractivity contribution in [3.8, 4) is 11.5 Å². The molecule has 48 heavy (non-hydrogen) atoms. The number of anilines is 2. The Bertz CT molecular complexity index is 2010. The van der Waals surface area contributed by atoms with Crippen molar-refractivity contribution in [1.29, 1.82) is 0 Å². The van der Waals surface area contributed by atoms with E-state index >= 15 is 0 Å². The topological polar surface area (TPSA) is 137 Å². The van der Waals surface area contributed by atoms with E-state index in [1.165, 1.54) is 37.4 Å². The van der Waals surface area contributed by atoms with Crippen LogP contribution in [0.1, 0.15) is 61.7 Å². The van der Waals surface area contributed by atoms with Crippen molar-refractivity contribution in [1.82, 2.24) is 0 Å². The van der Waals surface area contributed by atoms with Gasteiger partial charge in [-0.2, -0.15) is 0 Å². The predicted molar refractivity (Wildman–Crippen MR) is 191 cm³/mol. The third-order valence-corrected chi connectivity index (χ3v) is 11.8. The van der Waals surface area contributed by atoms with E-state index in [1.807, 2.05) is 27.7 Å². The number of sulfonamides is 2. The van der Waals surface area contributed by atoms with E-state index in [4.69, 9.17) is 13.9 Å². The van der Waals surface area contributed by atoms with Crippen LogP contribution < -0.4 is 14.2 Å². The van der Waals surface area contributed by atoms with Crippen molar-refractivity contribution in [2.75, 3.05) is 16.6 Å². The number of hydrogen-bond donors (Lipinski definition) is 2. The molecule has 0 unspecified atom stereocenters. The lowest BCUT2D eigenvalue weighted by atomic mass is 9.96. The lowest BCUT2D eigenvalue weighted by Crippen LogP contribution is -2.29. The molecule has 0 atom stereocenters. The van der Waals surface area contributed by atoms with E-state index in [0.29, 0.717) is 17.0 Å². The highest BCUT2D eigenvalue weighted by molar-refractivity contribution is 7.93. The van der Waals surface area contributed by atoms with Crippen molar-refractivity contribution >= 4 is 47.2 Å². The van der Waals surface area contributed by atoms with Gasteiger partial charge in [0.1, 0.15) is 11.5 Å². The van der Waals surface area contributed by atoms with Gasteiger partial charge >= 0.3 is 5.97 Å². The molecule has 0 aliphatic heterocycles. The van der Waals surface area contributed by atoms with Crippen LogP contribution in [0, 0.1) is 13.8 Å². The standard InChI is InChI=1S/C35H42N2O8S2Si/c1-23-9-15-27(16-10-23)46(39,40)36-31-19-13-25(21-29(31)33(38)43-8)44-26-14-20-32(30(22-26)35(6,7)45-48-34(3,4)5)37-47(41,42)28-17-11-24(2)12-18-28/h9-22,36-37H,48H2,1-8H3. The Morgan fingerprint density at radius 3 is 1.60 bits per heavy atom. The van der Waals surface area contributed by atoms with Crippen molar-refractivity contribution in [3.05, 3.63) is 107 Å². The number of nitrogens with one attached hydrogen (secondary N) is 2. The molecule has 0 fully saturated rings. The lowest BCUT2D eigenvalue weighted by Gasteiger charge is -2.32. The smallest absolute Gasteiger partial charge is 0.340 e. The van der Waals surface area contributed by atoms with Gasteiger partial charge in [-0.3, -0.25) is 9.44 Å². The minimum atomic E-state index is -4.01. The molecule has 0 saturated carbocycles. The van der Waals surface area contributed by atoms with Gasteiger partial charge in [0.05, 0.1) is 39.4 Å². The number of esters is 1. The Kier molecular flexibility index (Phi) is 10.8. The average molecular weight is 711 g/mol. The number of rotatable bonds is 12. The first-order valence-electron chi connectivity index (χ1n) is 15.2. The van der Waals surface area contributed by atoms with Gasteiger partial charge in [0, 0.05) is 5.56 Å². The molecule has 0 aliphatic rings. The highest BCUT2D eigenvalue weighted by Gasteiger charge is 2.30. The molecule has 0 heterocycles. The highest BCUT2D eigenvalue weighted by Crippen LogP contribution is 2.38. The Labute approximate surface area is 285 Å². The van der Waals surface area contributed by atoms with Gasteiger partial charge < -0.3 is 13.9 Å². The molecule has 0 radical (unpaired) electrons. The Morgan fingerprint density at radius 1 is 0.667 bits per heavy atom. The molecule has 0 bridgehead atoms. The van der Waals surface area contributed by atoms with Gasteiger partial charge in [0.25, 0.3) is 20.0 Å². The van der Waals surface area contributed by atoms with E-state index in [9.17, 15) is 21.6 Å². The zero-order chi connectivity index (χ0) is 35.5. The fourth-order valence-electron chi connectivity index (χ4n) is 4.58. The number of carbonyl (C=O) groups is 1. The number of hydrogen-bond acceptors (Lipinski definition) is 8. The second kappa shape index (κ2) is 14.1. The summed E-state index contributed by atoms with van der Waals surface area (Å²) in [5.41, 5.74) is 1.75. The third-order valence-electron chi connectivity index (χ3n) is 7.29. The minimum Gasteiger partial charge on any atom is -0.465 e. The quantitative estimate of drug-likeness (QED) is 0.118. The number of ether oxygens (including phenoxy) is 2. The third kappa shape index (κ3) is 9.25. The van der Waals surface area contributed by atoms with Crippen LogP contribution in [0.3, 0.4) is 0 Å². The summed E-state index contributed by atoms with van der Waals surface area (Å²) in [5, 5.41) is -0.0278. The monoisotopic (exact) mass is 710 g/mol. The van der Waals surface area contributed by atoms with E-state index in [1.54, 1.807) is 54.6 Å². The fraction of sp³-hybridized carbons (Fsp3) is 0.286. The molecule has 256 valence electrons. The largest absolute Gasteiger partial charge is 0.465 e. The molecule has 0 saturated heterocycles. The summed E-state index contributed by atoms with van der Waals surface area (Å²) in [4.78, 5) is 12.9. The molecule has 0 aliphatic carbocycles. The zero-order valence-electron chi connectivity index (χ0n) is 28.4. The van der Waals surface area contributed by atoms with Crippen LogP contribution in [-0.2, 0) is 34.8 Å². The average Bonchev–Trinajstić information content (AvgIpc) is 3.01. The summed E-state index contributed by atoms with van der Waals surface area (Å²) in [5.74, 6) is -0.220. The van der Waals surface area contributed by atoms with Crippen LogP contribution in [0.15, 0.2) is 94.7 Å². The maximum atomic E-state index is 13.4. The first kappa shape index (κ1) is 36.7. The number of methoxy groups -OCH3 is 1. The van der Waals surface area contributed by atoms with Crippen molar-refractivity contribution in [2.45, 2.75) is 68.9 Å². The van der Waals surface area contributed by atoms with E-state index in [0.717, 1.165) is 11.1 Å². The maximum Gasteiger partial charge on any atom is 0.340 e. The maximum absolute atomic E-state index is 13.4. The molecule has 4 aromatic rings. The first-order valence-corrected chi connectivity index (χ1v) is 19.4. The number of carbonyl (C=O) groups excluding carboxylic acids is 1. The number of aryl methyl sites for hydroxylation is 2. The molecule has 4 rings (SSSR count). The van der Waals surface area contributed by atoms with Crippen LogP contribution in [0.5, 0.6) is 11.5 Å². The van der Waals surface area contributed by atoms with Crippen LogP contribution in [-0.4, -0.2) is 39.7 Å². The fourth-order valence-corrected chi connectivity index (χ4v) is 7.69. The Balaban J connectivity index is 1.71. The molecule has 0 spiro atoms. The summed E-state index contributed by atoms with van der Waals surface area (Å²) in [6.07, 6.45) is 0. The molecule has 13 heteroatoms. The summed E-state index contributed by atoms with van der Waals surface area (Å²) in [6.45, 7) is 13.8. The van der Waals surface area contributed by atoms with Gasteiger partial charge in [-0.15, -0.1) is 0 Å². The molecular formula is C35H42N2O8S2Si. The van der Waals surface area contributed by atoms with Crippen molar-refractivity contribution in [2.24, 2.45) is 0 Å². The molecule has 0 aromatic heterocycles. The minimum absolute atomic E-state index is 0.0120. The van der Waals surface area contributed by atoms with Gasteiger partial charge in [-0.05, 0) is 93.4 Å². The van der Waals surface area contributed by atoms with Crippen molar-refractivity contribution < 1.29 is 35.5 Å². The lowest BCUT2D eigenvalue weighted by molar-refractivity contribution is 0.0601. The normalized spacial score (nSPS) is 12.6. The SMILES string of the molecule is COC(=O)c1cc(Oc2ccc(NS(=O)(=O)c3ccc(C)cc3)c(C(C)(C)O[SiH2]C(C)(C)C)c2)ccc1NS(=O)(=O)c1ccc(C)cc1. The Hall–Kier alpha value is -4.17. The van der Waals surface area contributed by atoms with Crippen LogP contribution in [0.2, 0.25) is 5.04 Å². The predicted octanol–water partition coefficient (Wildman–Crippen LogP) is 7.04. The summed E-state index contributed by atoms with van der Waals surface area (Å²) < 4.78 is 75.7. The van der Waals surface area contributed by atoms with Crippen LogP contribution in [0.25, 0.3) is 0 Å². The van der Waals surface area contributed by atoms with E-state index in [-0.39, 0.29) is 31.8 Å². The summed E-state index contributed by atoms with van der Waals surface area (Å²) in [6, 6.07) is 22.1. The summed E-state index contributed by atoms with van der Waals surface area (Å²) in [7, 11) is -7.81. The van der Waals surface area contributed by atoms with Crippen LogP contribution >= 0.6 is 0 Å². The van der Waals surface area contributed by atoms with Gasteiger partial charge in [0.2, 0.25) is 0 Å². The van der Waals surface area contributed by atoms with E-state index < -0.39 is 41.4 Å². The van der Waals surface area contributed by atoms with Gasteiger partial charge in [-0.25, -0.2) is 21.6 Å². The van der Waals surface area contributed by atoms with Gasteiger partial charge in [-0.1, -0.05) is 56.2 Å². The second-order valence-electron chi connectivity index (χ2n) is 13.2.